The fourth-order valence-corrected chi connectivity index (χ4v) is 5.53. The monoisotopic (exact) mass is 431 g/mol. The average Bonchev–Trinajstić information content (AvgIpc) is 2.74. The Hall–Kier alpha value is -2.05. The van der Waals surface area contributed by atoms with Gasteiger partial charge in [0, 0.05) is 17.7 Å². The summed E-state index contributed by atoms with van der Waals surface area (Å²) in [6.45, 7) is 2.28. The highest BCUT2D eigenvalue weighted by atomic mass is 32.2. The van der Waals surface area contributed by atoms with E-state index in [1.54, 1.807) is 7.11 Å². The molecule has 2 N–H and O–H groups in total. The Labute approximate surface area is 180 Å². The molecule has 0 fully saturated rings. The molecule has 0 bridgehead atoms. The molecule has 0 saturated carbocycles. The van der Waals surface area contributed by atoms with Gasteiger partial charge < -0.3 is 15.2 Å². The van der Waals surface area contributed by atoms with Crippen molar-refractivity contribution >= 4 is 9.84 Å². The van der Waals surface area contributed by atoms with Crippen LogP contribution in [0.2, 0.25) is 0 Å². The Morgan fingerprint density at radius 2 is 1.80 bits per heavy atom. The van der Waals surface area contributed by atoms with Crippen LogP contribution in [0, 0.1) is 0 Å². The van der Waals surface area contributed by atoms with E-state index in [-0.39, 0.29) is 23.5 Å². The summed E-state index contributed by atoms with van der Waals surface area (Å²) in [6, 6.07) is 14.5. The number of fused-ring (bicyclic) bond motifs is 1. The Bertz CT molecular complexity index is 925. The first-order chi connectivity index (χ1) is 14.4. The second kappa shape index (κ2) is 10.3. The molecule has 3 rings (SSSR count). The van der Waals surface area contributed by atoms with Crippen molar-refractivity contribution in [1.29, 1.82) is 0 Å². The zero-order valence-electron chi connectivity index (χ0n) is 18.0. The fourth-order valence-electron chi connectivity index (χ4n) is 4.15. The van der Waals surface area contributed by atoms with Crippen LogP contribution in [0.1, 0.15) is 48.8 Å². The molecule has 0 aromatic heterocycles. The van der Waals surface area contributed by atoms with E-state index in [4.69, 9.17) is 15.2 Å². The summed E-state index contributed by atoms with van der Waals surface area (Å²) in [5.74, 6) is 2.29. The van der Waals surface area contributed by atoms with E-state index >= 15 is 0 Å². The number of hydrogen-bond donors (Lipinski definition) is 1. The molecule has 1 aliphatic rings. The van der Waals surface area contributed by atoms with Crippen LogP contribution in [0.4, 0.5) is 0 Å². The Morgan fingerprint density at radius 3 is 2.50 bits per heavy atom. The smallest absolute Gasteiger partial charge is 0.150 e. The van der Waals surface area contributed by atoms with Crippen LogP contribution >= 0.6 is 0 Å². The van der Waals surface area contributed by atoms with Crippen LogP contribution in [-0.2, 0) is 22.7 Å². The van der Waals surface area contributed by atoms with Crippen molar-refractivity contribution in [2.24, 2.45) is 5.73 Å². The van der Waals surface area contributed by atoms with Crippen LogP contribution in [0.3, 0.4) is 0 Å². The van der Waals surface area contributed by atoms with Gasteiger partial charge in [-0.3, -0.25) is 0 Å². The van der Waals surface area contributed by atoms with E-state index in [9.17, 15) is 8.42 Å². The SMILES string of the molecule is CCCS(=O)(=O)CCCOc1ccc2c(c1)C(Cc1ccc(OC)cc1)C(N)CC2. The molecule has 164 valence electrons. The maximum atomic E-state index is 11.8. The average molecular weight is 432 g/mol. The largest absolute Gasteiger partial charge is 0.497 e. The molecule has 0 aliphatic heterocycles. The molecule has 0 saturated heterocycles. The number of aryl methyl sites for hydroxylation is 1. The fraction of sp³-hybridized carbons (Fsp3) is 0.500. The first-order valence-electron chi connectivity index (χ1n) is 10.8. The molecule has 5 nitrogen and oxygen atoms in total. The number of rotatable bonds is 10. The van der Waals surface area contributed by atoms with E-state index in [0.29, 0.717) is 19.4 Å². The summed E-state index contributed by atoms with van der Waals surface area (Å²) in [4.78, 5) is 0. The van der Waals surface area contributed by atoms with Crippen LogP contribution in [0.5, 0.6) is 11.5 Å². The standard InChI is InChI=1S/C24H33NO4S/c1-3-14-30(26,27)15-4-13-29-21-11-7-19-8-12-24(25)23(22(19)17-21)16-18-5-9-20(28-2)10-6-18/h5-7,9-11,17,23-24H,3-4,8,12-16,25H2,1-2H3. The third-order valence-corrected chi connectivity index (χ3v) is 7.72. The van der Waals surface area contributed by atoms with E-state index < -0.39 is 9.84 Å². The number of sulfone groups is 1. The third-order valence-electron chi connectivity index (χ3n) is 5.78. The van der Waals surface area contributed by atoms with Crippen molar-refractivity contribution in [3.05, 3.63) is 59.2 Å². The van der Waals surface area contributed by atoms with Gasteiger partial charge in [0.05, 0.1) is 19.5 Å². The van der Waals surface area contributed by atoms with Gasteiger partial charge in [-0.15, -0.1) is 0 Å². The molecule has 2 unspecified atom stereocenters. The summed E-state index contributed by atoms with van der Waals surface area (Å²) in [7, 11) is -1.29. The second-order valence-electron chi connectivity index (χ2n) is 8.08. The third kappa shape index (κ3) is 5.99. The Balaban J connectivity index is 1.67. The van der Waals surface area contributed by atoms with E-state index in [1.165, 1.54) is 16.7 Å². The van der Waals surface area contributed by atoms with Crippen LogP contribution in [-0.4, -0.2) is 39.7 Å². The van der Waals surface area contributed by atoms with Gasteiger partial charge in [0.2, 0.25) is 0 Å². The number of nitrogens with two attached hydrogens (primary N) is 1. The maximum absolute atomic E-state index is 11.8. The van der Waals surface area contributed by atoms with Gasteiger partial charge in [0.25, 0.3) is 0 Å². The molecule has 6 heteroatoms. The lowest BCUT2D eigenvalue weighted by Crippen LogP contribution is -2.34. The number of benzene rings is 2. The van der Waals surface area contributed by atoms with Gasteiger partial charge in [-0.2, -0.15) is 0 Å². The quantitative estimate of drug-likeness (QED) is 0.578. The first kappa shape index (κ1) is 22.6. The Morgan fingerprint density at radius 1 is 1.07 bits per heavy atom. The van der Waals surface area contributed by atoms with Gasteiger partial charge in [0.15, 0.2) is 0 Å². The minimum atomic E-state index is -2.96. The molecule has 0 heterocycles. The molecule has 2 atom stereocenters. The van der Waals surface area contributed by atoms with Gasteiger partial charge in [-0.25, -0.2) is 8.42 Å². The lowest BCUT2D eigenvalue weighted by Gasteiger charge is -2.32. The summed E-state index contributed by atoms with van der Waals surface area (Å²) in [5, 5.41) is 0. The van der Waals surface area contributed by atoms with Crippen molar-refractivity contribution < 1.29 is 17.9 Å². The van der Waals surface area contributed by atoms with Crippen molar-refractivity contribution in [3.63, 3.8) is 0 Å². The highest BCUT2D eigenvalue weighted by molar-refractivity contribution is 7.91. The van der Waals surface area contributed by atoms with E-state index in [0.717, 1.165) is 30.8 Å². The van der Waals surface area contributed by atoms with Gasteiger partial charge in [-0.1, -0.05) is 25.1 Å². The number of methoxy groups -OCH3 is 1. The topological polar surface area (TPSA) is 78.6 Å². The van der Waals surface area contributed by atoms with Crippen LogP contribution < -0.4 is 15.2 Å². The van der Waals surface area contributed by atoms with Crippen molar-refractivity contribution in [2.75, 3.05) is 25.2 Å². The predicted octanol–water partition coefficient (Wildman–Crippen LogP) is 3.89. The molecule has 2 aromatic carbocycles. The summed E-state index contributed by atoms with van der Waals surface area (Å²) >= 11 is 0. The zero-order chi connectivity index (χ0) is 21.6. The summed E-state index contributed by atoms with van der Waals surface area (Å²) in [5.41, 5.74) is 10.3. The molecule has 1 aliphatic carbocycles. The van der Waals surface area contributed by atoms with E-state index in [1.807, 2.05) is 25.1 Å². The molecule has 0 radical (unpaired) electrons. The van der Waals surface area contributed by atoms with Crippen LogP contribution in [0.15, 0.2) is 42.5 Å². The van der Waals surface area contributed by atoms with E-state index in [2.05, 4.69) is 24.3 Å². The minimum absolute atomic E-state index is 0.106. The molecular formula is C24H33NO4S. The minimum Gasteiger partial charge on any atom is -0.497 e. The van der Waals surface area contributed by atoms with Gasteiger partial charge in [-0.05, 0) is 73.1 Å². The number of hydrogen-bond acceptors (Lipinski definition) is 5. The highest BCUT2D eigenvalue weighted by Crippen LogP contribution is 2.36. The number of ether oxygens (including phenoxy) is 2. The highest BCUT2D eigenvalue weighted by Gasteiger charge is 2.27. The van der Waals surface area contributed by atoms with Crippen molar-refractivity contribution in [3.8, 4) is 11.5 Å². The van der Waals surface area contributed by atoms with Gasteiger partial charge >= 0.3 is 0 Å². The lowest BCUT2D eigenvalue weighted by atomic mass is 9.76. The zero-order valence-corrected chi connectivity index (χ0v) is 18.8. The second-order valence-corrected chi connectivity index (χ2v) is 10.4. The molecule has 0 amide bonds. The molecular weight excluding hydrogens is 398 g/mol. The lowest BCUT2D eigenvalue weighted by molar-refractivity contribution is 0.316. The van der Waals surface area contributed by atoms with Crippen molar-refractivity contribution in [2.45, 2.75) is 51.0 Å². The normalized spacial score (nSPS) is 18.6. The maximum Gasteiger partial charge on any atom is 0.150 e. The predicted molar refractivity (Wildman–Crippen MR) is 121 cm³/mol. The molecule has 2 aromatic rings. The first-order valence-corrected chi connectivity index (χ1v) is 12.6. The van der Waals surface area contributed by atoms with Crippen molar-refractivity contribution in [1.82, 2.24) is 0 Å². The van der Waals surface area contributed by atoms with Gasteiger partial charge in [0.1, 0.15) is 21.3 Å². The molecule has 0 spiro atoms. The summed E-state index contributed by atoms with van der Waals surface area (Å²) < 4.78 is 34.8. The summed E-state index contributed by atoms with van der Waals surface area (Å²) in [6.07, 6.45) is 3.99. The molecule has 30 heavy (non-hydrogen) atoms. The van der Waals surface area contributed by atoms with Crippen LogP contribution in [0.25, 0.3) is 0 Å². The Kier molecular flexibility index (Phi) is 7.78.